The molecule has 6 nitrogen and oxygen atoms in total. The fraction of sp³-hybridized carbons (Fsp3) is 0.556. The lowest BCUT2D eigenvalue weighted by molar-refractivity contribution is -0.845. The molecule has 3 fully saturated rings. The number of aromatic nitrogens is 1. The highest BCUT2D eigenvalue weighted by Gasteiger charge is 2.54. The average Bonchev–Trinajstić information content (AvgIpc) is 3.19. The van der Waals surface area contributed by atoms with Gasteiger partial charge in [0.1, 0.15) is 5.75 Å². The molecule has 26 heavy (non-hydrogen) atoms. The van der Waals surface area contributed by atoms with Gasteiger partial charge in [-0.3, -0.25) is 5.32 Å². The van der Waals surface area contributed by atoms with Crippen LogP contribution in [0.3, 0.4) is 0 Å². The molecule has 135 valence electrons. The summed E-state index contributed by atoms with van der Waals surface area (Å²) in [6.45, 7) is 6.29. The van der Waals surface area contributed by atoms with Crippen LogP contribution in [0.4, 0.5) is 5.13 Å². The van der Waals surface area contributed by atoms with E-state index in [-0.39, 0.29) is 5.60 Å². The van der Waals surface area contributed by atoms with E-state index in [4.69, 9.17) is 17.5 Å². The topological polar surface area (TPSA) is 55.7 Å². The van der Waals surface area contributed by atoms with Gasteiger partial charge in [0.2, 0.25) is 0 Å². The first-order valence-electron chi connectivity index (χ1n) is 9.26. The summed E-state index contributed by atoms with van der Waals surface area (Å²) >= 11 is 1.58. The number of amidine groups is 1. The fourth-order valence-corrected chi connectivity index (χ4v) is 5.44. The highest BCUT2D eigenvalue weighted by Crippen LogP contribution is 2.43. The van der Waals surface area contributed by atoms with E-state index < -0.39 is 0 Å². The second-order valence-electron chi connectivity index (χ2n) is 7.59. The van der Waals surface area contributed by atoms with Crippen molar-refractivity contribution in [2.24, 2.45) is 10.9 Å². The molecule has 0 aliphatic carbocycles. The summed E-state index contributed by atoms with van der Waals surface area (Å²) in [5, 5.41) is 4.07. The normalized spacial score (nSPS) is 32.7. The molecule has 6 rings (SSSR count). The minimum absolute atomic E-state index is 0.230. The van der Waals surface area contributed by atoms with Crippen LogP contribution in [0.2, 0.25) is 0 Å². The molecule has 2 bridgehead atoms. The van der Waals surface area contributed by atoms with Crippen molar-refractivity contribution in [3.63, 3.8) is 0 Å². The Bertz CT molecular complexity index is 877. The van der Waals surface area contributed by atoms with Crippen LogP contribution in [0, 0.1) is 5.92 Å². The molecule has 1 aromatic heterocycles. The summed E-state index contributed by atoms with van der Waals surface area (Å²) in [6, 6.07) is 6.53. The third-order valence-corrected chi connectivity index (χ3v) is 6.78. The number of hydrogen-bond acceptors (Lipinski definition) is 6. The van der Waals surface area contributed by atoms with Gasteiger partial charge in [0.15, 0.2) is 10.7 Å². The fourth-order valence-electron chi connectivity index (χ4n) is 4.56. The summed E-state index contributed by atoms with van der Waals surface area (Å²) in [4.78, 5) is 9.27. The van der Waals surface area contributed by atoms with Gasteiger partial charge in [-0.25, -0.2) is 18.0 Å². The zero-order valence-electron chi connectivity index (χ0n) is 14.9. The van der Waals surface area contributed by atoms with Gasteiger partial charge in [-0.1, -0.05) is 11.3 Å². The number of thiazole rings is 1. The quantitative estimate of drug-likeness (QED) is 0.845. The number of piperidine rings is 3. The van der Waals surface area contributed by atoms with Gasteiger partial charge in [-0.05, 0) is 38.0 Å². The molecule has 2 aromatic rings. The van der Waals surface area contributed by atoms with Crippen LogP contribution in [0.5, 0.6) is 5.75 Å². The number of nitrogens with zero attached hydrogens (tertiary/aromatic N) is 3. The summed E-state index contributed by atoms with van der Waals surface area (Å²) < 4.78 is 13.6. The molecule has 5 heterocycles. The van der Waals surface area contributed by atoms with Crippen molar-refractivity contribution in [2.75, 3.05) is 38.1 Å². The molecule has 1 spiro atoms. The van der Waals surface area contributed by atoms with Crippen molar-refractivity contribution in [1.82, 2.24) is 4.98 Å². The first-order chi connectivity index (χ1) is 12.6. The van der Waals surface area contributed by atoms with Crippen LogP contribution in [0.15, 0.2) is 23.2 Å². The van der Waals surface area contributed by atoms with Gasteiger partial charge in [0.25, 0.3) is 6.02 Å². The predicted octanol–water partition coefficient (Wildman–Crippen LogP) is 2.56. The van der Waals surface area contributed by atoms with Crippen LogP contribution in [-0.4, -0.2) is 61.8 Å². The number of nitrogens with one attached hydrogen (secondary N) is 1. The molecule has 1 aromatic carbocycles. The van der Waals surface area contributed by atoms with E-state index in [0.29, 0.717) is 29.5 Å². The largest absolute Gasteiger partial charge is 0.585 e. The lowest BCUT2D eigenvalue weighted by atomic mass is 9.72. The van der Waals surface area contributed by atoms with E-state index in [1.54, 1.807) is 11.3 Å². The SMILES string of the molecule is [B-][N+]12CCC(CC1)C1(CN=C(Nc3nc4ccc(OCC)cc4s3)O1)C2. The van der Waals surface area contributed by atoms with E-state index in [2.05, 4.69) is 15.3 Å². The number of hydrogen-bond donors (Lipinski definition) is 1. The number of anilines is 1. The van der Waals surface area contributed by atoms with E-state index in [1.807, 2.05) is 25.1 Å². The third kappa shape index (κ3) is 2.67. The van der Waals surface area contributed by atoms with Crippen LogP contribution in [0.25, 0.3) is 10.2 Å². The van der Waals surface area contributed by atoms with Gasteiger partial charge in [-0.2, -0.15) is 0 Å². The van der Waals surface area contributed by atoms with E-state index >= 15 is 0 Å². The van der Waals surface area contributed by atoms with Crippen molar-refractivity contribution < 1.29 is 13.9 Å². The average molecular weight is 369 g/mol. The highest BCUT2D eigenvalue weighted by atomic mass is 32.1. The first kappa shape index (κ1) is 16.4. The number of fused-ring (bicyclic) bond motifs is 3. The Kier molecular flexibility index (Phi) is 3.69. The smallest absolute Gasteiger partial charge is 0.292 e. The second-order valence-corrected chi connectivity index (χ2v) is 8.62. The summed E-state index contributed by atoms with van der Waals surface area (Å²) in [5.41, 5.74) is 0.718. The van der Waals surface area contributed by atoms with Crippen molar-refractivity contribution in [1.29, 1.82) is 0 Å². The Morgan fingerprint density at radius 3 is 3.04 bits per heavy atom. The molecule has 0 amide bonds. The Morgan fingerprint density at radius 2 is 2.27 bits per heavy atom. The third-order valence-electron chi connectivity index (χ3n) is 5.85. The van der Waals surface area contributed by atoms with Gasteiger partial charge in [0.05, 0.1) is 29.9 Å². The molecule has 8 heteroatoms. The Hall–Kier alpha value is -1.80. The van der Waals surface area contributed by atoms with Crippen molar-refractivity contribution in [2.45, 2.75) is 25.4 Å². The lowest BCUT2D eigenvalue weighted by Gasteiger charge is -2.64. The number of aliphatic imine (C=N–C) groups is 1. The van der Waals surface area contributed by atoms with Crippen LogP contribution in [-0.2, 0) is 4.74 Å². The number of rotatable bonds is 3. The van der Waals surface area contributed by atoms with Crippen molar-refractivity contribution in [3.8, 4) is 5.75 Å². The summed E-state index contributed by atoms with van der Waals surface area (Å²) in [7, 11) is 6.50. The van der Waals surface area contributed by atoms with Gasteiger partial charge in [0, 0.05) is 19.0 Å². The van der Waals surface area contributed by atoms with E-state index in [1.165, 1.54) is 0 Å². The maximum absolute atomic E-state index is 6.50. The molecular weight excluding hydrogens is 347 g/mol. The summed E-state index contributed by atoms with van der Waals surface area (Å²) in [5.74, 6) is 1.42. The molecule has 1 N–H and O–H groups in total. The number of benzene rings is 1. The van der Waals surface area contributed by atoms with Gasteiger partial charge in [-0.15, -0.1) is 0 Å². The van der Waals surface area contributed by atoms with Crippen molar-refractivity contribution >= 4 is 40.7 Å². The first-order valence-corrected chi connectivity index (χ1v) is 10.1. The minimum Gasteiger partial charge on any atom is -0.585 e. The summed E-state index contributed by atoms with van der Waals surface area (Å²) in [6.07, 6.45) is 2.25. The molecular formula is C18H22BN4O2S. The standard InChI is InChI=1S/C18H22BN4O2S/c1-2-24-13-3-4-14-15(9-13)26-17(21-14)22-16-20-10-18(25-16)11-23(19)7-5-12(18)6-8-23/h3-4,9,12H,2,5-8,10-11H2,1H3,(H,20,21,22). The van der Waals surface area contributed by atoms with Gasteiger partial charge >= 0.3 is 0 Å². The van der Waals surface area contributed by atoms with Gasteiger partial charge < -0.3 is 13.9 Å². The Balaban J connectivity index is 1.32. The zero-order chi connectivity index (χ0) is 17.8. The molecule has 1 atom stereocenters. The Labute approximate surface area is 158 Å². The Morgan fingerprint density at radius 1 is 1.42 bits per heavy atom. The van der Waals surface area contributed by atoms with Crippen LogP contribution in [0.1, 0.15) is 19.8 Å². The van der Waals surface area contributed by atoms with Crippen LogP contribution >= 0.6 is 11.3 Å². The maximum atomic E-state index is 6.50. The molecule has 1 unspecified atom stereocenters. The molecule has 4 aliphatic rings. The molecule has 3 saturated heterocycles. The zero-order valence-corrected chi connectivity index (χ0v) is 15.7. The van der Waals surface area contributed by atoms with Crippen LogP contribution < -0.4 is 10.1 Å². The molecule has 3 radical (unpaired) electrons. The van der Waals surface area contributed by atoms with Crippen molar-refractivity contribution in [3.05, 3.63) is 18.2 Å². The molecule has 0 saturated carbocycles. The molecule has 4 aliphatic heterocycles. The monoisotopic (exact) mass is 369 g/mol. The van der Waals surface area contributed by atoms with E-state index in [9.17, 15) is 0 Å². The second kappa shape index (κ2) is 5.86. The minimum atomic E-state index is -0.230. The highest BCUT2D eigenvalue weighted by molar-refractivity contribution is 7.22. The predicted molar refractivity (Wildman–Crippen MR) is 104 cm³/mol. The maximum Gasteiger partial charge on any atom is 0.292 e. The van der Waals surface area contributed by atoms with E-state index in [0.717, 1.165) is 53.6 Å². The lowest BCUT2D eigenvalue weighted by Crippen LogP contribution is -2.69. The number of ether oxygens (including phenoxy) is 2. The number of quaternary nitrogens is 1.